The van der Waals surface area contributed by atoms with Gasteiger partial charge in [-0.15, -0.1) is 21.5 Å². The van der Waals surface area contributed by atoms with E-state index < -0.39 is 22.3 Å². The summed E-state index contributed by atoms with van der Waals surface area (Å²) >= 11 is 3.01. The molecule has 0 atom stereocenters. The Morgan fingerprint density at radius 1 is 1.37 bits per heavy atom. The number of nitrogens with one attached hydrogen (secondary N) is 1. The normalized spacial score (nSPS) is 11.0. The van der Waals surface area contributed by atoms with Gasteiger partial charge in [-0.2, -0.15) is 0 Å². The number of hydrogen-bond donors (Lipinski definition) is 1. The van der Waals surface area contributed by atoms with Crippen molar-refractivity contribution in [2.24, 2.45) is 0 Å². The Morgan fingerprint density at radius 3 is 2.74 bits per heavy atom. The molecular weight excluding hydrogens is 420 g/mol. The minimum atomic E-state index is -2.79. The highest BCUT2D eigenvalue weighted by Gasteiger charge is 2.21. The Bertz CT molecular complexity index is 1010. The van der Waals surface area contributed by atoms with Gasteiger partial charge in [-0.1, -0.05) is 23.1 Å². The number of anilines is 1. The van der Waals surface area contributed by atoms with Gasteiger partial charge in [0.25, 0.3) is 18.0 Å². The first kappa shape index (κ1) is 19.3. The fourth-order valence-corrected chi connectivity index (χ4v) is 4.38. The average Bonchev–Trinajstić information content (AvgIpc) is 3.24. The van der Waals surface area contributed by atoms with Gasteiger partial charge < -0.3 is 0 Å². The standard InChI is InChI=1S/C14H9F2N5O3S3/c1-6-5-25-14(17-6)26-9-3-2-7(4-8(9)21(23)24)11(22)18-13-20-19-12(27-13)10(15)16/h2-5,10H,1H3,(H,18,20,22). The second-order valence-electron chi connectivity index (χ2n) is 5.00. The lowest BCUT2D eigenvalue weighted by Crippen LogP contribution is -2.12. The molecule has 0 fully saturated rings. The SMILES string of the molecule is Cc1csc(Sc2ccc(C(=O)Nc3nnc(C(F)F)s3)cc2[N+](=O)[O-])n1. The number of aryl methyl sites for hydroxylation is 1. The van der Waals surface area contributed by atoms with Crippen molar-refractivity contribution < 1.29 is 18.5 Å². The molecule has 1 aromatic carbocycles. The minimum Gasteiger partial charge on any atom is -0.296 e. The van der Waals surface area contributed by atoms with Gasteiger partial charge in [0.1, 0.15) is 0 Å². The molecule has 0 saturated heterocycles. The van der Waals surface area contributed by atoms with Gasteiger partial charge in [0.05, 0.1) is 9.82 Å². The van der Waals surface area contributed by atoms with E-state index in [1.807, 2.05) is 12.3 Å². The van der Waals surface area contributed by atoms with Crippen molar-refractivity contribution >= 4 is 51.2 Å². The third-order valence-corrected chi connectivity index (χ3v) is 6.03. The maximum absolute atomic E-state index is 12.5. The van der Waals surface area contributed by atoms with Crippen LogP contribution in [0.2, 0.25) is 0 Å². The van der Waals surface area contributed by atoms with Gasteiger partial charge in [-0.05, 0) is 19.1 Å². The number of carbonyl (C=O) groups is 1. The number of alkyl halides is 2. The van der Waals surface area contributed by atoms with Crippen LogP contribution in [-0.4, -0.2) is 26.0 Å². The minimum absolute atomic E-state index is 0.00448. The number of nitrogens with zero attached hydrogens (tertiary/aromatic N) is 4. The van der Waals surface area contributed by atoms with Crippen molar-refractivity contribution in [2.75, 3.05) is 5.32 Å². The fourth-order valence-electron chi connectivity index (χ4n) is 1.90. The van der Waals surface area contributed by atoms with Crippen molar-refractivity contribution in [3.63, 3.8) is 0 Å². The van der Waals surface area contributed by atoms with Crippen LogP contribution in [0.15, 0.2) is 32.8 Å². The Morgan fingerprint density at radius 2 is 2.15 bits per heavy atom. The summed E-state index contributed by atoms with van der Waals surface area (Å²) in [6.45, 7) is 1.81. The van der Waals surface area contributed by atoms with E-state index in [1.165, 1.54) is 23.5 Å². The Balaban J connectivity index is 1.81. The average molecular weight is 429 g/mol. The molecule has 0 unspecified atom stereocenters. The predicted molar refractivity (Wildman–Crippen MR) is 96.9 cm³/mol. The molecule has 0 radical (unpaired) electrons. The molecule has 0 aliphatic carbocycles. The summed E-state index contributed by atoms with van der Waals surface area (Å²) in [5, 5.41) is 21.6. The summed E-state index contributed by atoms with van der Waals surface area (Å²) in [6.07, 6.45) is -2.79. The number of thiazole rings is 1. The first-order chi connectivity index (χ1) is 12.8. The van der Waals surface area contributed by atoms with Crippen LogP contribution in [0.3, 0.4) is 0 Å². The zero-order valence-corrected chi connectivity index (χ0v) is 15.8. The predicted octanol–water partition coefficient (Wildman–Crippen LogP) is 4.55. The second kappa shape index (κ2) is 8.02. The lowest BCUT2D eigenvalue weighted by molar-refractivity contribution is -0.387. The van der Waals surface area contributed by atoms with E-state index in [1.54, 1.807) is 0 Å². The smallest absolute Gasteiger partial charge is 0.291 e. The first-order valence-electron chi connectivity index (χ1n) is 7.15. The van der Waals surface area contributed by atoms with Gasteiger partial charge in [0, 0.05) is 22.7 Å². The molecule has 8 nitrogen and oxygen atoms in total. The van der Waals surface area contributed by atoms with Gasteiger partial charge in [0.15, 0.2) is 9.35 Å². The van der Waals surface area contributed by atoms with E-state index in [4.69, 9.17) is 0 Å². The molecule has 0 aliphatic heterocycles. The second-order valence-corrected chi connectivity index (χ2v) is 8.15. The summed E-state index contributed by atoms with van der Waals surface area (Å²) in [6, 6.07) is 3.96. The van der Waals surface area contributed by atoms with Crippen molar-refractivity contribution in [1.82, 2.24) is 15.2 Å². The molecule has 13 heteroatoms. The Labute approximate surface area is 162 Å². The van der Waals surface area contributed by atoms with Crippen LogP contribution in [0, 0.1) is 17.0 Å². The summed E-state index contributed by atoms with van der Waals surface area (Å²) < 4.78 is 25.7. The molecule has 0 bridgehead atoms. The number of amides is 1. The molecule has 2 aromatic heterocycles. The first-order valence-corrected chi connectivity index (χ1v) is 9.66. The largest absolute Gasteiger partial charge is 0.296 e. The van der Waals surface area contributed by atoms with E-state index in [2.05, 4.69) is 20.5 Å². The summed E-state index contributed by atoms with van der Waals surface area (Å²) in [4.78, 5) is 27.6. The number of carbonyl (C=O) groups excluding carboxylic acids is 1. The number of rotatable bonds is 6. The molecule has 0 saturated carbocycles. The van der Waals surface area contributed by atoms with E-state index in [0.29, 0.717) is 20.6 Å². The zero-order chi connectivity index (χ0) is 19.6. The van der Waals surface area contributed by atoms with E-state index in [0.717, 1.165) is 23.5 Å². The molecule has 27 heavy (non-hydrogen) atoms. The number of nitro groups is 1. The number of hydrogen-bond acceptors (Lipinski definition) is 9. The van der Waals surface area contributed by atoms with Crippen molar-refractivity contribution in [3.8, 4) is 0 Å². The molecule has 1 N–H and O–H groups in total. The summed E-state index contributed by atoms with van der Waals surface area (Å²) in [5.41, 5.74) is 0.544. The van der Waals surface area contributed by atoms with Crippen LogP contribution in [0.25, 0.3) is 0 Å². The number of halogens is 2. The fraction of sp³-hybridized carbons (Fsp3) is 0.143. The monoisotopic (exact) mass is 429 g/mol. The third kappa shape index (κ3) is 4.61. The van der Waals surface area contributed by atoms with Crippen LogP contribution < -0.4 is 5.32 Å². The molecule has 3 aromatic rings. The van der Waals surface area contributed by atoms with E-state index in [9.17, 15) is 23.7 Å². The molecule has 3 rings (SSSR count). The topological polar surface area (TPSA) is 111 Å². The zero-order valence-electron chi connectivity index (χ0n) is 13.4. The maximum Gasteiger partial charge on any atom is 0.291 e. The number of nitro benzene ring substituents is 1. The molecule has 140 valence electrons. The van der Waals surface area contributed by atoms with Gasteiger partial charge in [0.2, 0.25) is 5.13 Å². The van der Waals surface area contributed by atoms with Crippen LogP contribution >= 0.6 is 34.4 Å². The Hall–Kier alpha value is -2.51. The number of benzene rings is 1. The highest BCUT2D eigenvalue weighted by Crippen LogP contribution is 2.37. The molecule has 1 amide bonds. The van der Waals surface area contributed by atoms with Crippen molar-refractivity contribution in [3.05, 3.63) is 50.0 Å². The van der Waals surface area contributed by atoms with Crippen molar-refractivity contribution in [1.29, 1.82) is 0 Å². The quantitative estimate of drug-likeness (QED) is 0.452. The van der Waals surface area contributed by atoms with Gasteiger partial charge in [-0.25, -0.2) is 13.8 Å². The highest BCUT2D eigenvalue weighted by molar-refractivity contribution is 8.01. The van der Waals surface area contributed by atoms with Crippen LogP contribution in [0.5, 0.6) is 0 Å². The van der Waals surface area contributed by atoms with E-state index >= 15 is 0 Å². The molecule has 0 spiro atoms. The molecule has 2 heterocycles. The summed E-state index contributed by atoms with van der Waals surface area (Å²) in [5.74, 6) is -0.711. The third-order valence-electron chi connectivity index (χ3n) is 3.06. The molecule has 0 aliphatic rings. The van der Waals surface area contributed by atoms with Crippen molar-refractivity contribution in [2.45, 2.75) is 22.6 Å². The maximum atomic E-state index is 12.5. The highest BCUT2D eigenvalue weighted by atomic mass is 32.2. The Kier molecular flexibility index (Phi) is 5.72. The lowest BCUT2D eigenvalue weighted by atomic mass is 10.2. The number of aromatic nitrogens is 3. The van der Waals surface area contributed by atoms with E-state index in [-0.39, 0.29) is 16.4 Å². The molecular formula is C14H9F2N5O3S3. The van der Waals surface area contributed by atoms with Gasteiger partial charge >= 0.3 is 0 Å². The lowest BCUT2D eigenvalue weighted by Gasteiger charge is -2.04. The van der Waals surface area contributed by atoms with Crippen LogP contribution in [0.4, 0.5) is 19.6 Å². The van der Waals surface area contributed by atoms with Gasteiger partial charge in [-0.3, -0.25) is 20.2 Å². The van der Waals surface area contributed by atoms with Crippen LogP contribution in [-0.2, 0) is 0 Å². The summed E-state index contributed by atoms with van der Waals surface area (Å²) in [7, 11) is 0. The van der Waals surface area contributed by atoms with Crippen LogP contribution in [0.1, 0.15) is 27.5 Å².